The number of carbonyl (C=O) groups is 2. The molecule has 1 aromatic rings. The SMILES string of the molecule is CCC1C(=O)NC(=O)N1c1ccc(C)cc1. The smallest absolute Gasteiger partial charge is 0.282 e. The van der Waals surface area contributed by atoms with Gasteiger partial charge in [-0.15, -0.1) is 0 Å². The molecule has 4 heteroatoms. The van der Waals surface area contributed by atoms with Gasteiger partial charge in [-0.05, 0) is 25.5 Å². The van der Waals surface area contributed by atoms with Gasteiger partial charge in [0, 0.05) is 5.69 Å². The summed E-state index contributed by atoms with van der Waals surface area (Å²) in [5.74, 6) is -0.215. The van der Waals surface area contributed by atoms with Crippen LogP contribution in [-0.2, 0) is 4.79 Å². The molecule has 2 rings (SSSR count). The van der Waals surface area contributed by atoms with Gasteiger partial charge >= 0.3 is 6.03 Å². The Kier molecular flexibility index (Phi) is 2.64. The predicted octanol–water partition coefficient (Wildman–Crippen LogP) is 1.83. The number of benzene rings is 1. The van der Waals surface area contributed by atoms with Crippen molar-refractivity contribution in [2.75, 3.05) is 4.90 Å². The number of aryl methyl sites for hydroxylation is 1. The van der Waals surface area contributed by atoms with Gasteiger partial charge in [0.25, 0.3) is 5.91 Å². The maximum atomic E-state index is 11.6. The highest BCUT2D eigenvalue weighted by molar-refractivity contribution is 6.14. The molecule has 3 amide bonds. The van der Waals surface area contributed by atoms with Crippen molar-refractivity contribution in [1.82, 2.24) is 5.32 Å². The Bertz CT molecular complexity index is 425. The number of amides is 3. The maximum Gasteiger partial charge on any atom is 0.329 e. The Labute approximate surface area is 94.2 Å². The lowest BCUT2D eigenvalue weighted by Gasteiger charge is -2.20. The fourth-order valence-electron chi connectivity index (χ4n) is 1.88. The number of hydrogen-bond acceptors (Lipinski definition) is 2. The summed E-state index contributed by atoms with van der Waals surface area (Å²) >= 11 is 0. The zero-order chi connectivity index (χ0) is 11.7. The minimum absolute atomic E-state index is 0.215. The quantitative estimate of drug-likeness (QED) is 0.770. The fraction of sp³-hybridized carbons (Fsp3) is 0.333. The normalized spacial score (nSPS) is 20.1. The van der Waals surface area contributed by atoms with E-state index in [1.165, 1.54) is 4.90 Å². The minimum atomic E-state index is -0.379. The first-order valence-electron chi connectivity index (χ1n) is 5.34. The predicted molar refractivity (Wildman–Crippen MR) is 61.3 cm³/mol. The third-order valence-electron chi connectivity index (χ3n) is 2.76. The molecule has 84 valence electrons. The first-order valence-corrected chi connectivity index (χ1v) is 5.34. The summed E-state index contributed by atoms with van der Waals surface area (Å²) in [6.07, 6.45) is 0.617. The maximum absolute atomic E-state index is 11.6. The van der Waals surface area contributed by atoms with Crippen molar-refractivity contribution in [3.05, 3.63) is 29.8 Å². The second-order valence-electron chi connectivity index (χ2n) is 3.92. The number of imide groups is 1. The van der Waals surface area contributed by atoms with E-state index in [0.717, 1.165) is 11.3 Å². The van der Waals surface area contributed by atoms with E-state index in [4.69, 9.17) is 0 Å². The van der Waals surface area contributed by atoms with Gasteiger partial charge in [-0.1, -0.05) is 24.6 Å². The molecule has 1 heterocycles. The molecule has 16 heavy (non-hydrogen) atoms. The van der Waals surface area contributed by atoms with Gasteiger partial charge in [0.05, 0.1) is 0 Å². The third-order valence-corrected chi connectivity index (χ3v) is 2.76. The molecule has 0 aliphatic carbocycles. The van der Waals surface area contributed by atoms with Crippen LogP contribution in [-0.4, -0.2) is 18.0 Å². The second kappa shape index (κ2) is 3.96. The average Bonchev–Trinajstić information content (AvgIpc) is 2.54. The van der Waals surface area contributed by atoms with Crippen molar-refractivity contribution in [2.24, 2.45) is 0 Å². The number of nitrogens with zero attached hydrogens (tertiary/aromatic N) is 1. The summed E-state index contributed by atoms with van der Waals surface area (Å²) < 4.78 is 0. The average molecular weight is 218 g/mol. The topological polar surface area (TPSA) is 49.4 Å². The van der Waals surface area contributed by atoms with Crippen LogP contribution in [0.4, 0.5) is 10.5 Å². The summed E-state index contributed by atoms with van der Waals surface area (Å²) in [7, 11) is 0. The lowest BCUT2D eigenvalue weighted by atomic mass is 10.1. The third kappa shape index (κ3) is 1.66. The molecule has 0 spiro atoms. The summed E-state index contributed by atoms with van der Waals surface area (Å²) in [6.45, 7) is 3.88. The zero-order valence-corrected chi connectivity index (χ0v) is 9.36. The van der Waals surface area contributed by atoms with Crippen LogP contribution in [0.3, 0.4) is 0 Å². The van der Waals surface area contributed by atoms with Crippen LogP contribution < -0.4 is 10.2 Å². The molecule has 1 aliphatic rings. The lowest BCUT2D eigenvalue weighted by Crippen LogP contribution is -2.34. The van der Waals surface area contributed by atoms with Crippen LogP contribution in [0, 0.1) is 6.92 Å². The molecular formula is C12H14N2O2. The van der Waals surface area contributed by atoms with E-state index in [-0.39, 0.29) is 18.0 Å². The van der Waals surface area contributed by atoms with Gasteiger partial charge in [-0.2, -0.15) is 0 Å². The van der Waals surface area contributed by atoms with Crippen molar-refractivity contribution >= 4 is 17.6 Å². The first-order chi connectivity index (χ1) is 7.63. The molecular weight excluding hydrogens is 204 g/mol. The van der Waals surface area contributed by atoms with Crippen molar-refractivity contribution in [2.45, 2.75) is 26.3 Å². The van der Waals surface area contributed by atoms with E-state index in [2.05, 4.69) is 5.32 Å². The Morgan fingerprint density at radius 1 is 1.25 bits per heavy atom. The second-order valence-corrected chi connectivity index (χ2v) is 3.92. The number of hydrogen-bond donors (Lipinski definition) is 1. The van der Waals surface area contributed by atoms with E-state index in [9.17, 15) is 9.59 Å². The van der Waals surface area contributed by atoms with E-state index in [1.807, 2.05) is 38.1 Å². The van der Waals surface area contributed by atoms with Crippen LogP contribution in [0.1, 0.15) is 18.9 Å². The van der Waals surface area contributed by atoms with Crippen molar-refractivity contribution < 1.29 is 9.59 Å². The lowest BCUT2D eigenvalue weighted by molar-refractivity contribution is -0.119. The largest absolute Gasteiger partial charge is 0.329 e. The van der Waals surface area contributed by atoms with E-state index in [0.29, 0.717) is 6.42 Å². The van der Waals surface area contributed by atoms with Crippen molar-refractivity contribution in [3.8, 4) is 0 Å². The number of carbonyl (C=O) groups excluding carboxylic acids is 2. The molecule has 4 nitrogen and oxygen atoms in total. The van der Waals surface area contributed by atoms with Gasteiger partial charge < -0.3 is 0 Å². The van der Waals surface area contributed by atoms with Crippen LogP contribution >= 0.6 is 0 Å². The molecule has 1 unspecified atom stereocenters. The van der Waals surface area contributed by atoms with Gasteiger partial charge in [-0.3, -0.25) is 15.0 Å². The number of nitrogens with one attached hydrogen (secondary N) is 1. The monoisotopic (exact) mass is 218 g/mol. The van der Waals surface area contributed by atoms with Gasteiger partial charge in [0.15, 0.2) is 0 Å². The first kappa shape index (κ1) is 10.7. The Morgan fingerprint density at radius 3 is 2.44 bits per heavy atom. The highest BCUT2D eigenvalue weighted by Gasteiger charge is 2.37. The van der Waals surface area contributed by atoms with Gasteiger partial charge in [0.2, 0.25) is 0 Å². The van der Waals surface area contributed by atoms with Crippen molar-refractivity contribution in [1.29, 1.82) is 0 Å². The molecule has 0 bridgehead atoms. The van der Waals surface area contributed by atoms with Crippen LogP contribution in [0.5, 0.6) is 0 Å². The molecule has 1 aliphatic heterocycles. The van der Waals surface area contributed by atoms with Crippen molar-refractivity contribution in [3.63, 3.8) is 0 Å². The minimum Gasteiger partial charge on any atom is -0.282 e. The number of urea groups is 1. The molecule has 0 aromatic heterocycles. The molecule has 1 aromatic carbocycles. The summed E-state index contributed by atoms with van der Waals surface area (Å²) in [4.78, 5) is 24.6. The van der Waals surface area contributed by atoms with E-state index >= 15 is 0 Å². The highest BCUT2D eigenvalue weighted by atomic mass is 16.2. The standard InChI is InChI=1S/C12H14N2O2/c1-3-10-11(15)13-12(16)14(10)9-6-4-8(2)5-7-9/h4-7,10H,3H2,1-2H3,(H,13,15,16). The molecule has 1 saturated heterocycles. The molecule has 1 N–H and O–H groups in total. The van der Waals surface area contributed by atoms with Gasteiger partial charge in [0.1, 0.15) is 6.04 Å². The molecule has 1 fully saturated rings. The fourth-order valence-corrected chi connectivity index (χ4v) is 1.88. The van der Waals surface area contributed by atoms with Crippen LogP contribution in [0.2, 0.25) is 0 Å². The van der Waals surface area contributed by atoms with Crippen LogP contribution in [0.15, 0.2) is 24.3 Å². The Hall–Kier alpha value is -1.84. The van der Waals surface area contributed by atoms with Gasteiger partial charge in [-0.25, -0.2) is 4.79 Å². The van der Waals surface area contributed by atoms with E-state index < -0.39 is 0 Å². The highest BCUT2D eigenvalue weighted by Crippen LogP contribution is 2.22. The Morgan fingerprint density at radius 2 is 1.88 bits per heavy atom. The molecule has 0 radical (unpaired) electrons. The Balaban J connectivity index is 2.35. The zero-order valence-electron chi connectivity index (χ0n) is 9.36. The van der Waals surface area contributed by atoms with Crippen LogP contribution in [0.25, 0.3) is 0 Å². The molecule has 1 atom stereocenters. The summed E-state index contributed by atoms with van der Waals surface area (Å²) in [5.41, 5.74) is 1.89. The van der Waals surface area contributed by atoms with E-state index in [1.54, 1.807) is 0 Å². The number of rotatable bonds is 2. The summed E-state index contributed by atoms with van der Waals surface area (Å²) in [6, 6.07) is 6.86. The molecule has 0 saturated carbocycles. The summed E-state index contributed by atoms with van der Waals surface area (Å²) in [5, 5.41) is 2.33. The number of anilines is 1.